The first kappa shape index (κ1) is 11.4. The monoisotopic (exact) mass is 219 g/mol. The third-order valence-corrected chi connectivity index (χ3v) is 3.44. The molecule has 1 aliphatic rings. The van der Waals surface area contributed by atoms with Gasteiger partial charge in [0.1, 0.15) is 5.82 Å². The van der Waals surface area contributed by atoms with Crippen molar-refractivity contribution in [3.05, 3.63) is 23.9 Å². The molecule has 2 heterocycles. The van der Waals surface area contributed by atoms with Crippen molar-refractivity contribution in [1.29, 1.82) is 0 Å². The Morgan fingerprint density at radius 3 is 3.12 bits per heavy atom. The number of pyridine rings is 1. The molecule has 0 saturated carbocycles. The summed E-state index contributed by atoms with van der Waals surface area (Å²) >= 11 is 0. The summed E-state index contributed by atoms with van der Waals surface area (Å²) in [6.45, 7) is 4.34. The fourth-order valence-corrected chi connectivity index (χ4v) is 2.29. The number of hydrogen-bond donors (Lipinski definition) is 1. The second-order valence-electron chi connectivity index (χ2n) is 4.68. The Morgan fingerprint density at radius 1 is 1.50 bits per heavy atom. The van der Waals surface area contributed by atoms with Gasteiger partial charge in [0.2, 0.25) is 0 Å². The largest absolute Gasteiger partial charge is 0.368 e. The van der Waals surface area contributed by atoms with Gasteiger partial charge in [0.15, 0.2) is 0 Å². The lowest BCUT2D eigenvalue weighted by atomic mass is 10.0. The van der Waals surface area contributed by atoms with Crippen molar-refractivity contribution in [1.82, 2.24) is 9.88 Å². The highest BCUT2D eigenvalue weighted by Crippen LogP contribution is 2.16. The molecule has 0 aliphatic carbocycles. The van der Waals surface area contributed by atoms with Crippen molar-refractivity contribution in [3.8, 4) is 0 Å². The van der Waals surface area contributed by atoms with Gasteiger partial charge in [0, 0.05) is 18.8 Å². The van der Waals surface area contributed by atoms with Gasteiger partial charge in [-0.2, -0.15) is 0 Å². The second-order valence-corrected chi connectivity index (χ2v) is 4.68. The van der Waals surface area contributed by atoms with Gasteiger partial charge in [-0.05, 0) is 45.0 Å². The molecule has 0 bridgehead atoms. The molecular weight excluding hydrogens is 198 g/mol. The molecule has 1 fully saturated rings. The smallest absolute Gasteiger partial charge is 0.128 e. The van der Waals surface area contributed by atoms with Crippen molar-refractivity contribution in [2.75, 3.05) is 25.5 Å². The van der Waals surface area contributed by atoms with E-state index in [9.17, 15) is 0 Å². The summed E-state index contributed by atoms with van der Waals surface area (Å²) in [6.07, 6.45) is 5.85. The zero-order chi connectivity index (χ0) is 11.4. The first-order valence-corrected chi connectivity index (χ1v) is 6.13. The number of anilines is 1. The zero-order valence-corrected chi connectivity index (χ0v) is 10.2. The highest BCUT2D eigenvalue weighted by atomic mass is 15.2. The molecule has 16 heavy (non-hydrogen) atoms. The molecule has 0 spiro atoms. The van der Waals surface area contributed by atoms with Crippen LogP contribution in [0.4, 0.5) is 5.82 Å². The van der Waals surface area contributed by atoms with E-state index in [1.165, 1.54) is 31.4 Å². The topological polar surface area (TPSA) is 28.2 Å². The average Bonchev–Trinajstić information content (AvgIpc) is 2.30. The predicted molar refractivity (Wildman–Crippen MR) is 67.7 cm³/mol. The van der Waals surface area contributed by atoms with E-state index < -0.39 is 0 Å². The maximum atomic E-state index is 4.36. The van der Waals surface area contributed by atoms with Gasteiger partial charge in [0.25, 0.3) is 0 Å². The Labute approximate surface area is 97.9 Å². The number of nitrogens with one attached hydrogen (secondary N) is 1. The average molecular weight is 219 g/mol. The molecule has 1 aromatic rings. The zero-order valence-electron chi connectivity index (χ0n) is 10.2. The molecule has 1 unspecified atom stereocenters. The minimum absolute atomic E-state index is 0.662. The lowest BCUT2D eigenvalue weighted by molar-refractivity contribution is 0.194. The van der Waals surface area contributed by atoms with Crippen LogP contribution < -0.4 is 5.32 Å². The van der Waals surface area contributed by atoms with E-state index in [-0.39, 0.29) is 0 Å². The third-order valence-electron chi connectivity index (χ3n) is 3.44. The molecule has 3 heteroatoms. The molecule has 0 radical (unpaired) electrons. The standard InChI is InChI=1S/C13H21N3/c1-11-6-5-8-14-13(11)15-10-12-7-3-4-9-16(12)2/h5-6,8,12H,3-4,7,9-10H2,1-2H3,(H,14,15). The summed E-state index contributed by atoms with van der Waals surface area (Å²) in [6, 6.07) is 4.74. The molecule has 1 aliphatic heterocycles. The van der Waals surface area contributed by atoms with Gasteiger partial charge in [-0.25, -0.2) is 4.98 Å². The number of rotatable bonds is 3. The van der Waals surface area contributed by atoms with Crippen LogP contribution >= 0.6 is 0 Å². The van der Waals surface area contributed by atoms with Gasteiger partial charge in [0.05, 0.1) is 0 Å². The lowest BCUT2D eigenvalue weighted by Crippen LogP contribution is -2.40. The fourth-order valence-electron chi connectivity index (χ4n) is 2.29. The minimum atomic E-state index is 0.662. The number of piperidine rings is 1. The van der Waals surface area contributed by atoms with Crippen LogP contribution in [0, 0.1) is 6.92 Å². The molecule has 1 atom stereocenters. The van der Waals surface area contributed by atoms with E-state index in [1.54, 1.807) is 0 Å². The number of likely N-dealkylation sites (tertiary alicyclic amines) is 1. The van der Waals surface area contributed by atoms with E-state index in [2.05, 4.69) is 35.2 Å². The molecule has 0 aromatic carbocycles. The summed E-state index contributed by atoms with van der Waals surface area (Å²) in [4.78, 5) is 6.81. The Bertz CT molecular complexity index is 338. The maximum absolute atomic E-state index is 4.36. The summed E-state index contributed by atoms with van der Waals surface area (Å²) < 4.78 is 0. The highest BCUT2D eigenvalue weighted by Gasteiger charge is 2.18. The number of likely N-dealkylation sites (N-methyl/N-ethyl adjacent to an activating group) is 1. The van der Waals surface area contributed by atoms with Gasteiger partial charge in [-0.3, -0.25) is 0 Å². The Balaban J connectivity index is 1.89. The number of aryl methyl sites for hydroxylation is 1. The Kier molecular flexibility index (Phi) is 3.78. The molecule has 1 aromatic heterocycles. The van der Waals surface area contributed by atoms with Gasteiger partial charge < -0.3 is 10.2 Å². The number of hydrogen-bond acceptors (Lipinski definition) is 3. The van der Waals surface area contributed by atoms with Gasteiger partial charge >= 0.3 is 0 Å². The molecule has 3 nitrogen and oxygen atoms in total. The van der Waals surface area contributed by atoms with E-state index >= 15 is 0 Å². The minimum Gasteiger partial charge on any atom is -0.368 e. The van der Waals surface area contributed by atoms with E-state index in [4.69, 9.17) is 0 Å². The quantitative estimate of drug-likeness (QED) is 0.845. The summed E-state index contributed by atoms with van der Waals surface area (Å²) in [5.74, 6) is 1.03. The third kappa shape index (κ3) is 2.73. The molecule has 0 amide bonds. The highest BCUT2D eigenvalue weighted by molar-refractivity contribution is 5.42. The molecule has 2 rings (SSSR count). The van der Waals surface area contributed by atoms with E-state index in [0.717, 1.165) is 12.4 Å². The second kappa shape index (κ2) is 5.30. The van der Waals surface area contributed by atoms with Crippen LogP contribution in [0.25, 0.3) is 0 Å². The summed E-state index contributed by atoms with van der Waals surface area (Å²) in [5.41, 5.74) is 1.22. The van der Waals surface area contributed by atoms with Crippen molar-refractivity contribution < 1.29 is 0 Å². The Hall–Kier alpha value is -1.09. The number of nitrogens with zero attached hydrogens (tertiary/aromatic N) is 2. The number of aromatic nitrogens is 1. The molecule has 1 saturated heterocycles. The van der Waals surface area contributed by atoms with Crippen LogP contribution in [0.3, 0.4) is 0 Å². The Morgan fingerprint density at radius 2 is 2.38 bits per heavy atom. The van der Waals surface area contributed by atoms with Crippen molar-refractivity contribution >= 4 is 5.82 Å². The first-order chi connectivity index (χ1) is 7.77. The molecule has 88 valence electrons. The van der Waals surface area contributed by atoms with Gasteiger partial charge in [-0.1, -0.05) is 12.5 Å². The SMILES string of the molecule is Cc1cccnc1NCC1CCCCN1C. The van der Waals surface area contributed by atoms with Crippen molar-refractivity contribution in [2.45, 2.75) is 32.2 Å². The molecule has 1 N–H and O–H groups in total. The van der Waals surface area contributed by atoms with E-state index in [1.807, 2.05) is 12.3 Å². The molecular formula is C13H21N3. The van der Waals surface area contributed by atoms with Crippen LogP contribution in [0.1, 0.15) is 24.8 Å². The van der Waals surface area contributed by atoms with Gasteiger partial charge in [-0.15, -0.1) is 0 Å². The fraction of sp³-hybridized carbons (Fsp3) is 0.615. The van der Waals surface area contributed by atoms with Crippen LogP contribution in [0.5, 0.6) is 0 Å². The lowest BCUT2D eigenvalue weighted by Gasteiger charge is -2.32. The van der Waals surface area contributed by atoms with Crippen molar-refractivity contribution in [2.24, 2.45) is 0 Å². The van der Waals surface area contributed by atoms with Crippen LogP contribution in [-0.4, -0.2) is 36.1 Å². The van der Waals surface area contributed by atoms with Crippen molar-refractivity contribution in [3.63, 3.8) is 0 Å². The van der Waals surface area contributed by atoms with Crippen LogP contribution in [-0.2, 0) is 0 Å². The maximum Gasteiger partial charge on any atom is 0.128 e. The predicted octanol–water partition coefficient (Wildman–Crippen LogP) is 2.29. The van der Waals surface area contributed by atoms with Crippen LogP contribution in [0.2, 0.25) is 0 Å². The summed E-state index contributed by atoms with van der Waals surface area (Å²) in [5, 5.41) is 3.46. The summed E-state index contributed by atoms with van der Waals surface area (Å²) in [7, 11) is 2.22. The van der Waals surface area contributed by atoms with E-state index in [0.29, 0.717) is 6.04 Å². The van der Waals surface area contributed by atoms with Crippen LogP contribution in [0.15, 0.2) is 18.3 Å². The normalized spacial score (nSPS) is 22.0. The first-order valence-electron chi connectivity index (χ1n) is 6.13.